The Kier molecular flexibility index (Phi) is 3.01. The zero-order valence-corrected chi connectivity index (χ0v) is 8.92. The van der Waals surface area contributed by atoms with E-state index in [1.165, 1.54) is 0 Å². The molecule has 0 fully saturated rings. The van der Waals surface area contributed by atoms with Gasteiger partial charge in [0.05, 0.1) is 5.41 Å². The lowest BCUT2D eigenvalue weighted by Gasteiger charge is -2.23. The second-order valence-corrected chi connectivity index (χ2v) is 4.05. The van der Waals surface area contributed by atoms with Gasteiger partial charge in [0.25, 0.3) is 0 Å². The molecule has 0 heterocycles. The maximum absolute atomic E-state index is 8.62. The van der Waals surface area contributed by atoms with Crippen LogP contribution in [0.15, 0.2) is 29.4 Å². The summed E-state index contributed by atoms with van der Waals surface area (Å²) < 4.78 is 0. The number of nitrogens with zero attached hydrogens (tertiary/aromatic N) is 1. The highest BCUT2D eigenvalue weighted by Gasteiger charge is 2.25. The lowest BCUT2D eigenvalue weighted by Crippen LogP contribution is -2.35. The second-order valence-electron chi connectivity index (χ2n) is 3.62. The molecule has 0 unspecified atom stereocenters. The Morgan fingerprint density at radius 2 is 1.86 bits per heavy atom. The van der Waals surface area contributed by atoms with Crippen molar-refractivity contribution in [2.45, 2.75) is 19.3 Å². The number of oxime groups is 1. The van der Waals surface area contributed by atoms with Crippen molar-refractivity contribution in [2.75, 3.05) is 0 Å². The van der Waals surface area contributed by atoms with Crippen LogP contribution in [0.5, 0.6) is 0 Å². The molecular weight excluding hydrogens is 200 g/mol. The predicted octanol–water partition coefficient (Wildman–Crippen LogP) is 2.36. The van der Waals surface area contributed by atoms with Crippen LogP contribution in [0.3, 0.4) is 0 Å². The van der Waals surface area contributed by atoms with Crippen LogP contribution in [0, 0.1) is 0 Å². The normalized spacial score (nSPS) is 12.9. The van der Waals surface area contributed by atoms with Gasteiger partial charge in [0.15, 0.2) is 0 Å². The van der Waals surface area contributed by atoms with E-state index in [-0.39, 0.29) is 5.84 Å². The van der Waals surface area contributed by atoms with E-state index in [0.29, 0.717) is 5.02 Å². The van der Waals surface area contributed by atoms with Crippen molar-refractivity contribution in [3.63, 3.8) is 0 Å². The van der Waals surface area contributed by atoms with Gasteiger partial charge in [-0.1, -0.05) is 28.9 Å². The molecule has 0 spiro atoms. The molecule has 1 rings (SSSR count). The summed E-state index contributed by atoms with van der Waals surface area (Å²) in [4.78, 5) is 0. The van der Waals surface area contributed by atoms with Gasteiger partial charge >= 0.3 is 0 Å². The standard InChI is InChI=1S/C10H13ClN2O/c1-10(2,9(12)13-14)7-3-5-8(11)6-4-7/h3-6,14H,1-2H3,(H2,12,13). The Hall–Kier alpha value is -1.22. The Balaban J connectivity index is 3.10. The quantitative estimate of drug-likeness (QED) is 0.342. The van der Waals surface area contributed by atoms with Crippen molar-refractivity contribution in [1.82, 2.24) is 0 Å². The molecule has 1 aromatic carbocycles. The molecule has 0 saturated heterocycles. The fourth-order valence-electron chi connectivity index (χ4n) is 1.14. The van der Waals surface area contributed by atoms with Crippen LogP contribution in [0.25, 0.3) is 0 Å². The number of benzene rings is 1. The van der Waals surface area contributed by atoms with Crippen molar-refractivity contribution in [3.05, 3.63) is 34.9 Å². The molecular formula is C10H13ClN2O. The molecule has 0 aromatic heterocycles. The maximum atomic E-state index is 8.62. The number of amidine groups is 1. The summed E-state index contributed by atoms with van der Waals surface area (Å²) in [6, 6.07) is 7.29. The third kappa shape index (κ3) is 1.99. The van der Waals surface area contributed by atoms with Crippen LogP contribution in [0.4, 0.5) is 0 Å². The van der Waals surface area contributed by atoms with Crippen LogP contribution in [0.2, 0.25) is 5.02 Å². The summed E-state index contributed by atoms with van der Waals surface area (Å²) in [5.41, 5.74) is 6.06. The van der Waals surface area contributed by atoms with Gasteiger partial charge in [-0.05, 0) is 31.5 Å². The fraction of sp³-hybridized carbons (Fsp3) is 0.300. The van der Waals surface area contributed by atoms with E-state index in [1.54, 1.807) is 12.1 Å². The van der Waals surface area contributed by atoms with E-state index in [4.69, 9.17) is 22.5 Å². The summed E-state index contributed by atoms with van der Waals surface area (Å²) >= 11 is 5.76. The minimum atomic E-state index is -0.487. The molecule has 0 amide bonds. The molecule has 14 heavy (non-hydrogen) atoms. The molecule has 0 aliphatic heterocycles. The van der Waals surface area contributed by atoms with Gasteiger partial charge in [0.1, 0.15) is 5.84 Å². The van der Waals surface area contributed by atoms with Gasteiger partial charge in [-0.25, -0.2) is 0 Å². The number of rotatable bonds is 2. The Labute approximate surface area is 88.2 Å². The van der Waals surface area contributed by atoms with Crippen LogP contribution in [-0.4, -0.2) is 11.0 Å². The summed E-state index contributed by atoms with van der Waals surface area (Å²) in [5, 5.41) is 12.3. The highest BCUT2D eigenvalue weighted by molar-refractivity contribution is 6.30. The first-order valence-electron chi connectivity index (χ1n) is 4.22. The van der Waals surface area contributed by atoms with Gasteiger partial charge in [0, 0.05) is 5.02 Å². The zero-order valence-electron chi connectivity index (χ0n) is 8.16. The lowest BCUT2D eigenvalue weighted by molar-refractivity contribution is 0.313. The first kappa shape index (κ1) is 10.9. The van der Waals surface area contributed by atoms with E-state index in [2.05, 4.69) is 5.16 Å². The second kappa shape index (κ2) is 3.88. The predicted molar refractivity (Wildman–Crippen MR) is 57.9 cm³/mol. The highest BCUT2D eigenvalue weighted by atomic mass is 35.5. The van der Waals surface area contributed by atoms with Crippen molar-refractivity contribution in [3.8, 4) is 0 Å². The topological polar surface area (TPSA) is 58.6 Å². The van der Waals surface area contributed by atoms with Gasteiger partial charge in [-0.3, -0.25) is 0 Å². The maximum Gasteiger partial charge on any atom is 0.149 e. The molecule has 0 aliphatic rings. The van der Waals surface area contributed by atoms with Crippen LogP contribution in [0.1, 0.15) is 19.4 Å². The smallest absolute Gasteiger partial charge is 0.149 e. The molecule has 0 bridgehead atoms. The van der Waals surface area contributed by atoms with Crippen molar-refractivity contribution in [2.24, 2.45) is 10.9 Å². The molecule has 3 N–H and O–H groups in total. The van der Waals surface area contributed by atoms with E-state index in [0.717, 1.165) is 5.56 Å². The molecule has 0 atom stereocenters. The Morgan fingerprint density at radius 3 is 2.29 bits per heavy atom. The third-order valence-electron chi connectivity index (χ3n) is 2.31. The van der Waals surface area contributed by atoms with Gasteiger partial charge in [-0.15, -0.1) is 0 Å². The highest BCUT2D eigenvalue weighted by Crippen LogP contribution is 2.24. The van der Waals surface area contributed by atoms with Crippen LogP contribution < -0.4 is 5.73 Å². The van der Waals surface area contributed by atoms with E-state index >= 15 is 0 Å². The number of hydrogen-bond acceptors (Lipinski definition) is 2. The monoisotopic (exact) mass is 212 g/mol. The molecule has 76 valence electrons. The van der Waals surface area contributed by atoms with E-state index in [9.17, 15) is 0 Å². The van der Waals surface area contributed by atoms with Crippen molar-refractivity contribution < 1.29 is 5.21 Å². The molecule has 0 aliphatic carbocycles. The minimum absolute atomic E-state index is 0.180. The molecule has 0 saturated carbocycles. The largest absolute Gasteiger partial charge is 0.409 e. The average Bonchev–Trinajstić information content (AvgIpc) is 2.17. The third-order valence-corrected chi connectivity index (χ3v) is 2.57. The molecule has 4 heteroatoms. The Morgan fingerprint density at radius 1 is 1.36 bits per heavy atom. The van der Waals surface area contributed by atoms with Gasteiger partial charge < -0.3 is 10.9 Å². The van der Waals surface area contributed by atoms with Gasteiger partial charge in [0.2, 0.25) is 0 Å². The SMILES string of the molecule is CC(C)(/C(N)=N/O)c1ccc(Cl)cc1. The summed E-state index contributed by atoms with van der Waals surface area (Å²) in [6.45, 7) is 3.76. The van der Waals surface area contributed by atoms with Gasteiger partial charge in [-0.2, -0.15) is 0 Å². The van der Waals surface area contributed by atoms with Crippen molar-refractivity contribution >= 4 is 17.4 Å². The van der Waals surface area contributed by atoms with E-state index in [1.807, 2.05) is 26.0 Å². The first-order chi connectivity index (χ1) is 6.48. The minimum Gasteiger partial charge on any atom is -0.409 e. The first-order valence-corrected chi connectivity index (χ1v) is 4.60. The lowest BCUT2D eigenvalue weighted by atomic mass is 9.84. The summed E-state index contributed by atoms with van der Waals surface area (Å²) in [5.74, 6) is 0.180. The molecule has 0 radical (unpaired) electrons. The zero-order chi connectivity index (χ0) is 10.8. The fourth-order valence-corrected chi connectivity index (χ4v) is 1.27. The summed E-state index contributed by atoms with van der Waals surface area (Å²) in [6.07, 6.45) is 0. The van der Waals surface area contributed by atoms with Crippen LogP contribution >= 0.6 is 11.6 Å². The van der Waals surface area contributed by atoms with Crippen LogP contribution in [-0.2, 0) is 5.41 Å². The number of halogens is 1. The summed E-state index contributed by atoms with van der Waals surface area (Å²) in [7, 11) is 0. The molecule has 3 nitrogen and oxygen atoms in total. The number of nitrogens with two attached hydrogens (primary N) is 1. The average molecular weight is 213 g/mol. The Bertz CT molecular complexity index is 344. The van der Waals surface area contributed by atoms with E-state index < -0.39 is 5.41 Å². The number of hydrogen-bond donors (Lipinski definition) is 2. The van der Waals surface area contributed by atoms with Crippen molar-refractivity contribution in [1.29, 1.82) is 0 Å². The molecule has 1 aromatic rings.